The van der Waals surface area contributed by atoms with Crippen LogP contribution in [0.4, 0.5) is 0 Å². The van der Waals surface area contributed by atoms with Crippen molar-refractivity contribution in [3.8, 4) is 0 Å². The molecule has 0 fully saturated rings. The zero-order valence-electron chi connectivity index (χ0n) is 7.32. The molecule has 0 aliphatic rings. The molecule has 1 nitrogen and oxygen atoms in total. The van der Waals surface area contributed by atoms with Crippen molar-refractivity contribution in [1.82, 2.24) is 0 Å². The van der Waals surface area contributed by atoms with E-state index in [2.05, 4.69) is 18.3 Å². The van der Waals surface area contributed by atoms with E-state index in [-0.39, 0.29) is 0 Å². The molecule has 62 valence electrons. The zero-order valence-corrected chi connectivity index (χ0v) is 8.07. The number of halogens is 1. The zero-order chi connectivity index (χ0) is 9.02. The first kappa shape index (κ1) is 10.4. The monoisotopic (exact) mass is 171 g/mol. The van der Waals surface area contributed by atoms with Crippen LogP contribution in [0.15, 0.2) is 27.9 Å². The average Bonchev–Trinajstić information content (AvgIpc) is 1.88. The van der Waals surface area contributed by atoms with Crippen LogP contribution in [-0.4, -0.2) is 6.72 Å². The number of allylic oxidation sites excluding steroid dienone is 3. The molecule has 0 unspecified atom stereocenters. The lowest BCUT2D eigenvalue weighted by Crippen LogP contribution is -1.94. The van der Waals surface area contributed by atoms with Gasteiger partial charge < -0.3 is 0 Å². The molecule has 0 saturated heterocycles. The molecule has 0 heterocycles. The lowest BCUT2D eigenvalue weighted by Gasteiger charge is -2.08. The van der Waals surface area contributed by atoms with Gasteiger partial charge in [-0.15, -0.1) is 0 Å². The van der Waals surface area contributed by atoms with Crippen molar-refractivity contribution in [3.63, 3.8) is 0 Å². The molecular weight excluding hydrogens is 158 g/mol. The van der Waals surface area contributed by atoms with Crippen molar-refractivity contribution < 1.29 is 0 Å². The van der Waals surface area contributed by atoms with Crippen LogP contribution in [0.5, 0.6) is 0 Å². The summed E-state index contributed by atoms with van der Waals surface area (Å²) in [6.07, 6.45) is 0. The lowest BCUT2D eigenvalue weighted by atomic mass is 10.1. The van der Waals surface area contributed by atoms with Gasteiger partial charge in [0.05, 0.1) is 0 Å². The van der Waals surface area contributed by atoms with Gasteiger partial charge in [-0.2, -0.15) is 0 Å². The van der Waals surface area contributed by atoms with E-state index in [1.807, 2.05) is 20.8 Å². The fourth-order valence-corrected chi connectivity index (χ4v) is 0.970. The summed E-state index contributed by atoms with van der Waals surface area (Å²) in [5, 5.41) is 0.543. The maximum atomic E-state index is 5.71. The van der Waals surface area contributed by atoms with Crippen LogP contribution in [0.3, 0.4) is 0 Å². The SMILES string of the molecule is C=N/C(=C(/C)C(=C)Cl)C(C)C. The van der Waals surface area contributed by atoms with Crippen LogP contribution in [-0.2, 0) is 0 Å². The van der Waals surface area contributed by atoms with Gasteiger partial charge in [-0.3, -0.25) is 4.99 Å². The van der Waals surface area contributed by atoms with E-state index in [0.717, 1.165) is 11.3 Å². The van der Waals surface area contributed by atoms with Gasteiger partial charge in [0.25, 0.3) is 0 Å². The highest BCUT2D eigenvalue weighted by Crippen LogP contribution is 2.22. The topological polar surface area (TPSA) is 12.4 Å². The molecule has 0 aromatic heterocycles. The second-order valence-corrected chi connectivity index (χ2v) is 3.18. The van der Waals surface area contributed by atoms with Crippen molar-refractivity contribution in [2.75, 3.05) is 0 Å². The minimum atomic E-state index is 0.350. The Hall–Kier alpha value is -0.560. The fraction of sp³-hybridized carbons (Fsp3) is 0.444. The van der Waals surface area contributed by atoms with Crippen LogP contribution in [0.1, 0.15) is 20.8 Å². The maximum Gasteiger partial charge on any atom is 0.0465 e. The van der Waals surface area contributed by atoms with Crippen LogP contribution in [0, 0.1) is 5.92 Å². The summed E-state index contributed by atoms with van der Waals surface area (Å²) in [6, 6.07) is 0. The number of rotatable bonds is 3. The maximum absolute atomic E-state index is 5.71. The van der Waals surface area contributed by atoms with Gasteiger partial charge >= 0.3 is 0 Å². The Morgan fingerprint density at radius 1 is 1.45 bits per heavy atom. The summed E-state index contributed by atoms with van der Waals surface area (Å²) in [4.78, 5) is 3.89. The molecule has 0 amide bonds. The predicted octanol–water partition coefficient (Wildman–Crippen LogP) is 3.37. The normalized spacial score (nSPS) is 12.8. The first-order valence-electron chi connectivity index (χ1n) is 3.53. The van der Waals surface area contributed by atoms with Gasteiger partial charge in [-0.25, -0.2) is 0 Å². The number of aliphatic imine (C=N–C) groups is 1. The molecule has 0 N–H and O–H groups in total. The lowest BCUT2D eigenvalue weighted by molar-refractivity contribution is 0.750. The van der Waals surface area contributed by atoms with E-state index in [4.69, 9.17) is 11.6 Å². The molecule has 0 aliphatic carbocycles. The predicted molar refractivity (Wildman–Crippen MR) is 52.1 cm³/mol. The minimum absolute atomic E-state index is 0.350. The van der Waals surface area contributed by atoms with E-state index in [9.17, 15) is 0 Å². The van der Waals surface area contributed by atoms with Crippen LogP contribution >= 0.6 is 11.6 Å². The Bertz CT molecular complexity index is 202. The Kier molecular flexibility index (Phi) is 4.12. The standard InChI is InChI=1S/C9H14ClN/c1-6(2)9(11-5)7(3)8(4)10/h6H,4-5H2,1-3H3/b9-7-. The van der Waals surface area contributed by atoms with Crippen molar-refractivity contribution in [1.29, 1.82) is 0 Å². The Labute approximate surface area is 73.5 Å². The molecule has 0 aromatic rings. The summed E-state index contributed by atoms with van der Waals surface area (Å²) >= 11 is 5.71. The van der Waals surface area contributed by atoms with Crippen molar-refractivity contribution in [2.24, 2.45) is 10.9 Å². The third-order valence-electron chi connectivity index (χ3n) is 1.51. The third kappa shape index (κ3) is 2.89. The second kappa shape index (κ2) is 4.35. The molecule has 2 heteroatoms. The van der Waals surface area contributed by atoms with Gasteiger partial charge in [0, 0.05) is 10.7 Å². The summed E-state index contributed by atoms with van der Waals surface area (Å²) in [7, 11) is 0. The van der Waals surface area contributed by atoms with Gasteiger partial charge in [-0.1, -0.05) is 32.0 Å². The summed E-state index contributed by atoms with van der Waals surface area (Å²) in [6.45, 7) is 13.1. The first-order chi connectivity index (χ1) is 5.00. The smallest absolute Gasteiger partial charge is 0.0465 e. The van der Waals surface area contributed by atoms with Gasteiger partial charge in [0.2, 0.25) is 0 Å². The van der Waals surface area contributed by atoms with E-state index in [1.54, 1.807) is 0 Å². The molecule has 0 bridgehead atoms. The average molecular weight is 172 g/mol. The van der Waals surface area contributed by atoms with Crippen LogP contribution in [0.2, 0.25) is 0 Å². The van der Waals surface area contributed by atoms with Crippen LogP contribution in [0.25, 0.3) is 0 Å². The number of hydrogen-bond acceptors (Lipinski definition) is 1. The van der Waals surface area contributed by atoms with E-state index < -0.39 is 0 Å². The molecule has 0 atom stereocenters. The van der Waals surface area contributed by atoms with E-state index in [0.29, 0.717) is 11.0 Å². The van der Waals surface area contributed by atoms with Gasteiger partial charge in [-0.05, 0) is 25.1 Å². The molecule has 0 aliphatic heterocycles. The minimum Gasteiger partial charge on any atom is -0.268 e. The van der Waals surface area contributed by atoms with E-state index >= 15 is 0 Å². The fourth-order valence-electron chi connectivity index (χ4n) is 0.873. The Balaban J connectivity index is 4.83. The molecule has 0 radical (unpaired) electrons. The van der Waals surface area contributed by atoms with Gasteiger partial charge in [0.15, 0.2) is 0 Å². The summed E-state index contributed by atoms with van der Waals surface area (Å²) in [5.41, 5.74) is 1.85. The van der Waals surface area contributed by atoms with Crippen LogP contribution < -0.4 is 0 Å². The molecule has 11 heavy (non-hydrogen) atoms. The largest absolute Gasteiger partial charge is 0.268 e. The quantitative estimate of drug-likeness (QED) is 0.456. The molecular formula is C9H14ClN. The molecule has 0 spiro atoms. The summed E-state index contributed by atoms with van der Waals surface area (Å²) < 4.78 is 0. The van der Waals surface area contributed by atoms with Gasteiger partial charge in [0.1, 0.15) is 0 Å². The first-order valence-corrected chi connectivity index (χ1v) is 3.90. The van der Waals surface area contributed by atoms with Crippen molar-refractivity contribution >= 4 is 18.3 Å². The molecule has 0 aromatic carbocycles. The summed E-state index contributed by atoms with van der Waals surface area (Å²) in [5.74, 6) is 0.350. The molecule has 0 saturated carbocycles. The van der Waals surface area contributed by atoms with E-state index in [1.165, 1.54) is 0 Å². The second-order valence-electron chi connectivity index (χ2n) is 2.73. The highest BCUT2D eigenvalue weighted by Gasteiger charge is 2.05. The molecule has 0 rings (SSSR count). The van der Waals surface area contributed by atoms with Crippen molar-refractivity contribution in [2.45, 2.75) is 20.8 Å². The Morgan fingerprint density at radius 3 is 2.00 bits per heavy atom. The van der Waals surface area contributed by atoms with Crippen molar-refractivity contribution in [3.05, 3.63) is 22.9 Å². The Morgan fingerprint density at radius 2 is 1.91 bits per heavy atom. The third-order valence-corrected chi connectivity index (χ3v) is 1.79. The highest BCUT2D eigenvalue weighted by molar-refractivity contribution is 6.31. The number of nitrogens with zero attached hydrogens (tertiary/aromatic N) is 1. The highest BCUT2D eigenvalue weighted by atomic mass is 35.5. The number of hydrogen-bond donors (Lipinski definition) is 0.